The van der Waals surface area contributed by atoms with Gasteiger partial charge in [0.05, 0.1) is 18.5 Å². The lowest BCUT2D eigenvalue weighted by atomic mass is 10.2. The van der Waals surface area contributed by atoms with Gasteiger partial charge in [-0.05, 0) is 18.9 Å². The minimum Gasteiger partial charge on any atom is -0.395 e. The molecule has 5 heteroatoms. The maximum atomic E-state index is 9.34. The van der Waals surface area contributed by atoms with Gasteiger partial charge in [0.25, 0.3) is 0 Å². The number of hydrogen-bond acceptors (Lipinski definition) is 4. The molecule has 0 spiro atoms. The quantitative estimate of drug-likeness (QED) is 0.909. The van der Waals surface area contributed by atoms with Crippen LogP contribution in [0.2, 0.25) is 0 Å². The van der Waals surface area contributed by atoms with E-state index in [9.17, 15) is 5.11 Å². The Bertz CT molecular complexity index is 560. The maximum Gasteiger partial charge on any atom is 0.157 e. The van der Waals surface area contributed by atoms with Gasteiger partial charge < -0.3 is 14.6 Å². The summed E-state index contributed by atoms with van der Waals surface area (Å²) in [6.07, 6.45) is 8.56. The highest BCUT2D eigenvalue weighted by atomic mass is 16.3. The predicted molar refractivity (Wildman–Crippen MR) is 75.2 cm³/mol. The summed E-state index contributed by atoms with van der Waals surface area (Å²) in [5.41, 5.74) is 2.02. The summed E-state index contributed by atoms with van der Waals surface area (Å²) in [5.74, 6) is 0.916. The zero-order chi connectivity index (χ0) is 13.2. The largest absolute Gasteiger partial charge is 0.395 e. The number of aromatic nitrogens is 3. The predicted octanol–water partition coefficient (Wildman–Crippen LogP) is 1.71. The van der Waals surface area contributed by atoms with Crippen LogP contribution in [0.3, 0.4) is 0 Å². The lowest BCUT2D eigenvalue weighted by Gasteiger charge is -2.29. The summed E-state index contributed by atoms with van der Waals surface area (Å²) in [4.78, 5) is 11.2. The van der Waals surface area contributed by atoms with E-state index in [2.05, 4.69) is 14.9 Å². The molecular weight excluding hydrogens is 240 g/mol. The SMILES string of the molecule is Cn1cnc2c(N(CCO)C3CCCC3)nccc21. The fourth-order valence-electron chi connectivity index (χ4n) is 3.04. The monoisotopic (exact) mass is 260 g/mol. The van der Waals surface area contributed by atoms with Crippen molar-refractivity contribution in [2.45, 2.75) is 31.7 Å². The number of anilines is 1. The molecule has 0 bridgehead atoms. The maximum absolute atomic E-state index is 9.34. The number of nitrogens with zero attached hydrogens (tertiary/aromatic N) is 4. The van der Waals surface area contributed by atoms with E-state index in [1.807, 2.05) is 30.2 Å². The highest BCUT2D eigenvalue weighted by molar-refractivity contribution is 5.86. The Labute approximate surface area is 112 Å². The van der Waals surface area contributed by atoms with Crippen molar-refractivity contribution in [3.63, 3.8) is 0 Å². The number of pyridine rings is 1. The van der Waals surface area contributed by atoms with Gasteiger partial charge in [0.2, 0.25) is 0 Å². The van der Waals surface area contributed by atoms with E-state index in [4.69, 9.17) is 0 Å². The molecular formula is C14H20N4O. The molecule has 1 aliphatic rings. The normalized spacial score (nSPS) is 16.3. The van der Waals surface area contributed by atoms with Crippen molar-refractivity contribution in [1.29, 1.82) is 0 Å². The Hall–Kier alpha value is -1.62. The van der Waals surface area contributed by atoms with Crippen LogP contribution in [0.15, 0.2) is 18.6 Å². The number of rotatable bonds is 4. The zero-order valence-electron chi connectivity index (χ0n) is 11.3. The number of imidazole rings is 1. The summed E-state index contributed by atoms with van der Waals surface area (Å²) in [7, 11) is 1.99. The van der Waals surface area contributed by atoms with Crippen LogP contribution < -0.4 is 4.90 Å². The molecule has 0 amide bonds. The van der Waals surface area contributed by atoms with Gasteiger partial charge in [0.1, 0.15) is 5.52 Å². The number of hydrogen-bond donors (Lipinski definition) is 1. The van der Waals surface area contributed by atoms with E-state index in [0.717, 1.165) is 16.9 Å². The average Bonchev–Trinajstić information content (AvgIpc) is 3.06. The molecule has 0 aliphatic heterocycles. The molecule has 3 rings (SSSR count). The lowest BCUT2D eigenvalue weighted by molar-refractivity contribution is 0.297. The van der Waals surface area contributed by atoms with Gasteiger partial charge in [-0.15, -0.1) is 0 Å². The summed E-state index contributed by atoms with van der Waals surface area (Å²) in [5, 5.41) is 9.34. The van der Waals surface area contributed by atoms with Crippen molar-refractivity contribution in [3.05, 3.63) is 18.6 Å². The van der Waals surface area contributed by atoms with Crippen LogP contribution in [0.25, 0.3) is 11.0 Å². The van der Waals surface area contributed by atoms with Gasteiger partial charge in [-0.3, -0.25) is 0 Å². The Kier molecular flexibility index (Phi) is 3.38. The molecule has 2 heterocycles. The molecule has 1 N–H and O–H groups in total. The first kappa shape index (κ1) is 12.4. The summed E-state index contributed by atoms with van der Waals surface area (Å²) < 4.78 is 2.01. The molecule has 0 saturated heterocycles. The molecule has 102 valence electrons. The lowest BCUT2D eigenvalue weighted by Crippen LogP contribution is -2.36. The van der Waals surface area contributed by atoms with Crippen molar-refractivity contribution >= 4 is 16.9 Å². The van der Waals surface area contributed by atoms with Crippen LogP contribution >= 0.6 is 0 Å². The highest BCUT2D eigenvalue weighted by Crippen LogP contribution is 2.30. The molecule has 0 atom stereocenters. The molecule has 2 aromatic heterocycles. The molecule has 0 radical (unpaired) electrons. The van der Waals surface area contributed by atoms with Crippen LogP contribution in [0.4, 0.5) is 5.82 Å². The third kappa shape index (κ3) is 2.18. The fraction of sp³-hybridized carbons (Fsp3) is 0.571. The van der Waals surface area contributed by atoms with Crippen LogP contribution in [-0.4, -0.2) is 38.8 Å². The Balaban J connectivity index is 2.03. The van der Waals surface area contributed by atoms with Gasteiger partial charge in [0, 0.05) is 25.8 Å². The van der Waals surface area contributed by atoms with Gasteiger partial charge in [-0.1, -0.05) is 12.8 Å². The number of aliphatic hydroxyl groups is 1. The molecule has 1 aliphatic carbocycles. The van der Waals surface area contributed by atoms with Crippen LogP contribution in [0.5, 0.6) is 0 Å². The number of aryl methyl sites for hydroxylation is 1. The Morgan fingerprint density at radius 3 is 2.89 bits per heavy atom. The third-order valence-electron chi connectivity index (χ3n) is 4.00. The second kappa shape index (κ2) is 5.17. The van der Waals surface area contributed by atoms with E-state index in [0.29, 0.717) is 12.6 Å². The first-order valence-corrected chi connectivity index (χ1v) is 6.95. The molecule has 0 aromatic carbocycles. The van der Waals surface area contributed by atoms with Crippen molar-refractivity contribution in [1.82, 2.24) is 14.5 Å². The van der Waals surface area contributed by atoms with E-state index in [-0.39, 0.29) is 6.61 Å². The third-order valence-corrected chi connectivity index (χ3v) is 4.00. The van der Waals surface area contributed by atoms with Gasteiger partial charge in [0.15, 0.2) is 5.82 Å². The van der Waals surface area contributed by atoms with E-state index < -0.39 is 0 Å². The second-order valence-corrected chi connectivity index (χ2v) is 5.21. The van der Waals surface area contributed by atoms with Crippen LogP contribution in [-0.2, 0) is 7.05 Å². The van der Waals surface area contributed by atoms with Crippen molar-refractivity contribution in [2.24, 2.45) is 7.05 Å². The average molecular weight is 260 g/mol. The molecule has 0 unspecified atom stereocenters. The van der Waals surface area contributed by atoms with Gasteiger partial charge in [-0.25, -0.2) is 9.97 Å². The molecule has 1 fully saturated rings. The summed E-state index contributed by atoms with van der Waals surface area (Å²) >= 11 is 0. The highest BCUT2D eigenvalue weighted by Gasteiger charge is 2.25. The molecule has 2 aromatic rings. The van der Waals surface area contributed by atoms with Crippen molar-refractivity contribution < 1.29 is 5.11 Å². The van der Waals surface area contributed by atoms with Gasteiger partial charge in [-0.2, -0.15) is 0 Å². The number of fused-ring (bicyclic) bond motifs is 1. The Morgan fingerprint density at radius 2 is 2.16 bits per heavy atom. The molecule has 5 nitrogen and oxygen atoms in total. The second-order valence-electron chi connectivity index (χ2n) is 5.21. The minimum atomic E-state index is 0.154. The van der Waals surface area contributed by atoms with E-state index >= 15 is 0 Å². The number of aliphatic hydroxyl groups excluding tert-OH is 1. The summed E-state index contributed by atoms with van der Waals surface area (Å²) in [6.45, 7) is 0.786. The standard InChI is InChI=1S/C14H20N4O/c1-17-10-16-13-12(17)6-7-15-14(13)18(8-9-19)11-4-2-3-5-11/h6-7,10-11,19H,2-5,8-9H2,1H3. The first-order valence-electron chi connectivity index (χ1n) is 6.95. The first-order chi connectivity index (χ1) is 9.31. The van der Waals surface area contributed by atoms with E-state index in [1.165, 1.54) is 25.7 Å². The van der Waals surface area contributed by atoms with E-state index in [1.54, 1.807) is 0 Å². The molecule has 19 heavy (non-hydrogen) atoms. The summed E-state index contributed by atoms with van der Waals surface area (Å²) in [6, 6.07) is 2.48. The fourth-order valence-corrected chi connectivity index (χ4v) is 3.04. The zero-order valence-corrected chi connectivity index (χ0v) is 11.3. The Morgan fingerprint density at radius 1 is 1.37 bits per heavy atom. The topological polar surface area (TPSA) is 54.2 Å². The molecule has 1 saturated carbocycles. The van der Waals surface area contributed by atoms with Crippen LogP contribution in [0, 0.1) is 0 Å². The van der Waals surface area contributed by atoms with Crippen LogP contribution in [0.1, 0.15) is 25.7 Å². The minimum absolute atomic E-state index is 0.154. The van der Waals surface area contributed by atoms with Gasteiger partial charge >= 0.3 is 0 Å². The smallest absolute Gasteiger partial charge is 0.157 e. The van der Waals surface area contributed by atoms with Crippen molar-refractivity contribution in [2.75, 3.05) is 18.1 Å². The van der Waals surface area contributed by atoms with Crippen molar-refractivity contribution in [3.8, 4) is 0 Å².